The van der Waals surface area contributed by atoms with E-state index < -0.39 is 33.7 Å². The van der Waals surface area contributed by atoms with Gasteiger partial charge in [-0.25, -0.2) is 15.0 Å². The molecule has 0 spiro atoms. The van der Waals surface area contributed by atoms with Gasteiger partial charge in [0.2, 0.25) is 0 Å². The molecule has 0 saturated heterocycles. The summed E-state index contributed by atoms with van der Waals surface area (Å²) < 4.78 is 14.2. The van der Waals surface area contributed by atoms with Crippen molar-refractivity contribution in [3.63, 3.8) is 0 Å². The molecule has 14 aromatic rings. The van der Waals surface area contributed by atoms with Crippen LogP contribution in [0.15, 0.2) is 250 Å². The summed E-state index contributed by atoms with van der Waals surface area (Å²) in [5, 5.41) is 46.4. The van der Waals surface area contributed by atoms with Crippen LogP contribution in [0.5, 0.6) is 5.75 Å². The third-order valence-electron chi connectivity index (χ3n) is 17.6. The number of halogens is 7. The number of nitrogens with zero attached hydrogens (tertiary/aromatic N) is 13. The molecule has 3 heterocycles. The smallest absolute Gasteiger partial charge is 1.00 e. The molecule has 11 aromatic carbocycles. The van der Waals surface area contributed by atoms with Gasteiger partial charge in [0.1, 0.15) is 40.3 Å². The Bertz CT molecular complexity index is 5290. The molecule has 653 valence electrons. The molecule has 0 fully saturated rings. The van der Waals surface area contributed by atoms with E-state index in [0.717, 1.165) is 89.4 Å². The third kappa shape index (κ3) is 34.6. The number of rotatable bonds is 14. The van der Waals surface area contributed by atoms with Gasteiger partial charge in [-0.2, -0.15) is 0 Å². The van der Waals surface area contributed by atoms with E-state index in [-0.39, 0.29) is 69.6 Å². The number of hydrogen-bond acceptors (Lipinski definition) is 20. The third-order valence-corrected chi connectivity index (χ3v) is 19.1. The Kier molecular flexibility index (Phi) is 52.9. The van der Waals surface area contributed by atoms with Crippen molar-refractivity contribution >= 4 is 223 Å². The predicted octanol–water partition coefficient (Wildman–Crippen LogP) is 20.0. The molecule has 3 aromatic heterocycles. The van der Waals surface area contributed by atoms with E-state index in [0.29, 0.717) is 15.8 Å². The number of anilines is 9. The number of ether oxygens (including phenoxy) is 1. The van der Waals surface area contributed by atoms with Crippen molar-refractivity contribution < 1.29 is 55.6 Å². The quantitative estimate of drug-likeness (QED) is 0.0255. The summed E-state index contributed by atoms with van der Waals surface area (Å²) in [5.41, 5.74) is 31.3. The second-order valence-electron chi connectivity index (χ2n) is 26.6. The zero-order valence-corrected chi connectivity index (χ0v) is 86.3. The van der Waals surface area contributed by atoms with Gasteiger partial charge in [-0.05, 0) is 207 Å². The van der Waals surface area contributed by atoms with Crippen LogP contribution < -0.4 is 81.3 Å². The van der Waals surface area contributed by atoms with Crippen LogP contribution in [-0.2, 0) is 21.1 Å². The number of methoxy groups -OCH3 is 1. The second-order valence-corrected chi connectivity index (χ2v) is 33.6. The van der Waals surface area contributed by atoms with E-state index in [9.17, 15) is 30.3 Å². The van der Waals surface area contributed by atoms with Gasteiger partial charge < -0.3 is 72.0 Å². The van der Waals surface area contributed by atoms with Gasteiger partial charge in [-0.3, -0.25) is 30.3 Å². The Morgan fingerprint density at radius 3 is 1.03 bits per heavy atom. The Labute approximate surface area is 811 Å². The van der Waals surface area contributed by atoms with Gasteiger partial charge in [0, 0.05) is 214 Å². The van der Waals surface area contributed by atoms with E-state index in [2.05, 4.69) is 276 Å². The van der Waals surface area contributed by atoms with Crippen molar-refractivity contribution in [2.75, 3.05) is 139 Å². The molecule has 0 saturated carbocycles. The standard InChI is InChI=1S/2C17H19N3.C16H16BrN3.C9H13NO.C7H7BrN2O2.C7H9BrN2.C7H8N2O2.C6H6N2O2.CH4O.CH4.B.Br2.2ClH.Na.Sn.H/c2*1-12-5-10-16-15(11-12)18-17(20(16)4)13-6-8-14(9-7-13)19(2)3;1-19(2)13-7-4-11(5-8-13)16-18-14-10-12(17)6-9-15(14)20(16)3;1-10(2)8-4-6-9(11-3)7-5-8;1-9-6-3-2-5(8)4-7(6)10(11)12;1-10-7-3-2-5(8)4-6(7)9;1-8-6-4-2-3-5-7(6)9(10)11;7-5-3-1-2-4-6(5)8(9)10;1-2;;;1-2;;;;;/h2*5-11H,1-4H3;4-10H,1-3H3;4-7H,1-3H3;2-4,9H,1H3;2-4,10H,9H2,1H3;2-5,8H,1H3;1-4H,7H2;2H,1H3;1H4;;;2*1H;;;/q;;;;;;;;;;;;;;+1;+2;-1/p-2. The van der Waals surface area contributed by atoms with E-state index in [1.54, 1.807) is 63.7 Å². The number of nitrogens with two attached hydrogens (primary N) is 2. The molecule has 14 rings (SSSR count). The van der Waals surface area contributed by atoms with Crippen LogP contribution >= 0.6 is 93.9 Å². The molecular formula is C88H106BBr5Cl2N18NaO8Sn. The largest absolute Gasteiger partial charge is 1.00 e. The predicted molar refractivity (Wildman–Crippen MR) is 542 cm³/mol. The SMILES string of the molecule is BrBr.C.CN(C)c1ccc(-c2nc3cc(Br)ccc3n2C)cc1.CNc1ccc(Br)cc1N.CNc1ccc(Br)cc1[N+](=O)[O-].CNc1ccccc1[N+](=O)[O-].CO.COc1ccc(N(C)C)cc1.Cc1ccc2c(c1)nc(-c1ccc(N(C)C)cc1)n2C.Cc1ccc2c(c1)nc(-c1ccc(N(C)C)cc1)n2C.Nc1ccccc1[N+](=O)[O-].[B].[Cl][Sn][Cl].[H-].[Na+]. The molecule has 124 heavy (non-hydrogen) atoms. The van der Waals surface area contributed by atoms with Crippen LogP contribution in [0.4, 0.5) is 68.2 Å². The van der Waals surface area contributed by atoms with Gasteiger partial charge in [0.05, 0.1) is 66.4 Å². The molecule has 0 aliphatic heterocycles. The van der Waals surface area contributed by atoms with Crippen molar-refractivity contribution in [1.29, 1.82) is 0 Å². The van der Waals surface area contributed by atoms with E-state index in [4.69, 9.17) is 54.1 Å². The maximum absolute atomic E-state index is 10.5. The average Bonchev–Trinajstić information content (AvgIpc) is 1.65. The van der Waals surface area contributed by atoms with E-state index in [1.165, 1.54) is 69.2 Å². The normalized spacial score (nSPS) is 9.63. The zero-order valence-electron chi connectivity index (χ0n) is 73.0. The number of imidazole rings is 3. The number of aliphatic hydroxyl groups is 1. The maximum atomic E-state index is 10.5. The summed E-state index contributed by atoms with van der Waals surface area (Å²) in [4.78, 5) is 52.3. The first-order valence-corrected chi connectivity index (χ1v) is 49.9. The number of benzene rings is 11. The molecule has 5 radical (unpaired) electrons. The van der Waals surface area contributed by atoms with Crippen LogP contribution in [0, 0.1) is 44.2 Å². The molecular weight excluding hydrogens is 2060 g/mol. The molecule has 8 N–H and O–H groups in total. The Morgan fingerprint density at radius 1 is 0.427 bits per heavy atom. The summed E-state index contributed by atoms with van der Waals surface area (Å²) in [6, 6.07) is 75.6. The van der Waals surface area contributed by atoms with Crippen LogP contribution in [0.3, 0.4) is 0 Å². The molecule has 0 bridgehead atoms. The maximum Gasteiger partial charge on any atom is 1.00 e. The van der Waals surface area contributed by atoms with Crippen LogP contribution in [0.25, 0.3) is 67.3 Å². The van der Waals surface area contributed by atoms with Crippen molar-refractivity contribution in [2.45, 2.75) is 21.3 Å². The first kappa shape index (κ1) is 113. The van der Waals surface area contributed by atoms with Gasteiger partial charge in [0.25, 0.3) is 17.1 Å². The second kappa shape index (κ2) is 58.2. The molecule has 36 heteroatoms. The number of aliphatic hydroxyl groups excluding tert-OH is 1. The van der Waals surface area contributed by atoms with Crippen LogP contribution in [0.2, 0.25) is 0 Å². The summed E-state index contributed by atoms with van der Waals surface area (Å²) in [7, 11) is 40.2. The van der Waals surface area contributed by atoms with Gasteiger partial charge in [-0.1, -0.05) is 91.6 Å². The number of nitrogens with one attached hydrogen (secondary N) is 3. The Morgan fingerprint density at radius 2 is 0.718 bits per heavy atom. The monoisotopic (exact) mass is 2160 g/mol. The number of hydrogen-bond donors (Lipinski definition) is 6. The van der Waals surface area contributed by atoms with Crippen LogP contribution in [-0.4, -0.2) is 168 Å². The summed E-state index contributed by atoms with van der Waals surface area (Å²) >= 11 is 14.6. The van der Waals surface area contributed by atoms with Crippen LogP contribution in [0.1, 0.15) is 20.0 Å². The van der Waals surface area contributed by atoms with Crippen molar-refractivity contribution in [3.05, 3.63) is 291 Å². The fraction of sp³-hybridized carbons (Fsp3) is 0.216. The minimum Gasteiger partial charge on any atom is -1.00 e. The summed E-state index contributed by atoms with van der Waals surface area (Å²) in [5.74, 6) is 3.91. The molecule has 0 aliphatic carbocycles. The summed E-state index contributed by atoms with van der Waals surface area (Å²) in [6.07, 6.45) is 0. The van der Waals surface area contributed by atoms with Gasteiger partial charge >= 0.3 is 66.3 Å². The Hall–Kier alpha value is -9.17. The minimum absolute atomic E-state index is 0. The zero-order chi connectivity index (χ0) is 90.3. The number of nitro groups is 3. The first-order valence-electron chi connectivity index (χ1n) is 36.6. The molecule has 0 aliphatic rings. The minimum atomic E-state index is -0.826. The number of nitro benzene ring substituents is 3. The summed E-state index contributed by atoms with van der Waals surface area (Å²) in [6.45, 7) is 4.19. The molecule has 26 nitrogen and oxygen atoms in total. The Balaban J connectivity index is 0.00000141. The van der Waals surface area contributed by atoms with Crippen molar-refractivity contribution in [3.8, 4) is 39.9 Å². The number of fused-ring (bicyclic) bond motifs is 3. The first-order chi connectivity index (χ1) is 57.7. The van der Waals surface area contributed by atoms with Crippen molar-refractivity contribution in [1.82, 2.24) is 28.7 Å². The molecule has 0 unspecified atom stereocenters. The van der Waals surface area contributed by atoms with E-state index >= 15 is 0 Å². The fourth-order valence-electron chi connectivity index (χ4n) is 11.3. The number of aromatic nitrogens is 6. The molecule has 0 amide bonds. The average molecular weight is 2170 g/mol. The number of aryl methyl sites for hydroxylation is 5. The van der Waals surface area contributed by atoms with Crippen molar-refractivity contribution in [2.24, 2.45) is 21.1 Å². The number of nitrogen functional groups attached to an aromatic ring is 2. The molecule has 0 atom stereocenters. The fourth-order valence-corrected chi connectivity index (χ4v) is 12.4. The van der Waals surface area contributed by atoms with Gasteiger partial charge in [0.15, 0.2) is 0 Å². The van der Waals surface area contributed by atoms with E-state index in [1.807, 2.05) is 118 Å². The number of para-hydroxylation sites is 4. The topological polar surface area (TPSA) is 313 Å². The van der Waals surface area contributed by atoms with Gasteiger partial charge in [-0.15, -0.1) is 0 Å².